The van der Waals surface area contributed by atoms with E-state index in [1.807, 2.05) is 30.6 Å². The Balaban J connectivity index is 1.39. The lowest BCUT2D eigenvalue weighted by molar-refractivity contribution is 0.0792. The van der Waals surface area contributed by atoms with E-state index in [1.165, 1.54) is 12.4 Å². The van der Waals surface area contributed by atoms with Gasteiger partial charge in [0.2, 0.25) is 0 Å². The van der Waals surface area contributed by atoms with E-state index in [-0.39, 0.29) is 12.0 Å². The monoisotopic (exact) mass is 429 g/mol. The van der Waals surface area contributed by atoms with Gasteiger partial charge in [0.1, 0.15) is 0 Å². The first-order chi connectivity index (χ1) is 15.7. The molecule has 1 fully saturated rings. The first-order valence-electron chi connectivity index (χ1n) is 10.6. The molecule has 32 heavy (non-hydrogen) atoms. The number of piperidine rings is 1. The number of H-pyrrole nitrogens is 1. The second-order valence-corrected chi connectivity index (χ2v) is 7.97. The number of benzene rings is 1. The number of carbonyl (C=O) groups excluding carboxylic acids is 1. The minimum atomic E-state index is -0.354. The first-order valence-corrected chi connectivity index (χ1v) is 10.6. The predicted molar refractivity (Wildman–Crippen MR) is 120 cm³/mol. The molecule has 5 rings (SSSR count). The number of rotatable bonds is 5. The van der Waals surface area contributed by atoms with Gasteiger partial charge in [-0.05, 0) is 42.2 Å². The highest BCUT2D eigenvalue weighted by molar-refractivity contribution is 6.11. The van der Waals surface area contributed by atoms with E-state index in [0.29, 0.717) is 11.5 Å². The van der Waals surface area contributed by atoms with Gasteiger partial charge in [0.15, 0.2) is 11.5 Å². The third kappa shape index (κ3) is 4.34. The summed E-state index contributed by atoms with van der Waals surface area (Å²) in [6.07, 6.45) is 9.68. The number of anilines is 1. The van der Waals surface area contributed by atoms with Crippen LogP contribution < -0.4 is 5.32 Å². The molecule has 162 valence electrons. The summed E-state index contributed by atoms with van der Waals surface area (Å²) in [6.45, 7) is 2.57. The molecule has 4 aromatic rings. The Labute approximate surface area is 184 Å². The maximum atomic E-state index is 12.7. The molecule has 0 bridgehead atoms. The molecule has 1 saturated heterocycles. The molecule has 0 unspecified atom stereocenters. The van der Waals surface area contributed by atoms with Crippen LogP contribution in [0, 0.1) is 0 Å². The molecule has 9 heteroatoms. The Kier molecular flexibility index (Phi) is 5.57. The van der Waals surface area contributed by atoms with Crippen molar-refractivity contribution in [2.75, 3.05) is 18.4 Å². The molecule has 0 radical (unpaired) electrons. The van der Waals surface area contributed by atoms with Gasteiger partial charge in [-0.2, -0.15) is 5.10 Å². The molecule has 1 aliphatic heterocycles. The van der Waals surface area contributed by atoms with Gasteiger partial charge >= 0.3 is 0 Å². The molecule has 4 heterocycles. The van der Waals surface area contributed by atoms with Crippen LogP contribution in [0.4, 0.5) is 5.82 Å². The Morgan fingerprint density at radius 3 is 2.78 bits per heavy atom. The molecule has 3 aromatic heterocycles. The van der Waals surface area contributed by atoms with Crippen LogP contribution in [0.15, 0.2) is 55.2 Å². The van der Waals surface area contributed by atoms with Crippen molar-refractivity contribution in [3.8, 4) is 11.1 Å². The third-order valence-electron chi connectivity index (χ3n) is 5.67. The number of carbonyl (C=O) groups is 1. The van der Waals surface area contributed by atoms with Crippen LogP contribution in [0.2, 0.25) is 0 Å². The molecule has 9 nitrogen and oxygen atoms in total. The van der Waals surface area contributed by atoms with E-state index in [0.717, 1.165) is 60.1 Å². The first kappa shape index (κ1) is 20.2. The van der Waals surface area contributed by atoms with E-state index in [4.69, 9.17) is 0 Å². The van der Waals surface area contributed by atoms with Crippen molar-refractivity contribution in [2.45, 2.75) is 25.5 Å². The quantitative estimate of drug-likeness (QED) is 0.446. The van der Waals surface area contributed by atoms with Gasteiger partial charge in [-0.3, -0.25) is 24.8 Å². The zero-order valence-electron chi connectivity index (χ0n) is 17.4. The van der Waals surface area contributed by atoms with Crippen molar-refractivity contribution in [3.63, 3.8) is 0 Å². The normalized spacial score (nSPS) is 15.2. The summed E-state index contributed by atoms with van der Waals surface area (Å²) >= 11 is 0. The second-order valence-electron chi connectivity index (χ2n) is 7.97. The maximum absolute atomic E-state index is 12.7. The summed E-state index contributed by atoms with van der Waals surface area (Å²) in [6, 6.07) is 7.97. The molecular weight excluding hydrogens is 406 g/mol. The highest BCUT2D eigenvalue weighted by Gasteiger charge is 2.18. The summed E-state index contributed by atoms with van der Waals surface area (Å²) in [5, 5.41) is 20.3. The minimum Gasteiger partial charge on any atom is -0.393 e. The Morgan fingerprint density at radius 2 is 1.97 bits per heavy atom. The van der Waals surface area contributed by atoms with Gasteiger partial charge in [0, 0.05) is 55.4 Å². The van der Waals surface area contributed by atoms with Gasteiger partial charge in [-0.15, -0.1) is 0 Å². The summed E-state index contributed by atoms with van der Waals surface area (Å²) in [5.74, 6) is 0.0139. The average Bonchev–Trinajstić information content (AvgIpc) is 3.25. The van der Waals surface area contributed by atoms with Gasteiger partial charge in [-0.25, -0.2) is 4.98 Å². The maximum Gasteiger partial charge on any atom is 0.277 e. The lowest BCUT2D eigenvalue weighted by Crippen LogP contribution is -2.35. The number of hydrogen-bond donors (Lipinski definition) is 3. The van der Waals surface area contributed by atoms with Crippen molar-refractivity contribution in [1.29, 1.82) is 0 Å². The topological polar surface area (TPSA) is 120 Å². The number of nitrogens with zero attached hydrogens (tertiary/aromatic N) is 5. The minimum absolute atomic E-state index is 0.183. The van der Waals surface area contributed by atoms with E-state index in [1.54, 1.807) is 6.20 Å². The van der Waals surface area contributed by atoms with Crippen molar-refractivity contribution in [1.82, 2.24) is 30.0 Å². The Hall–Kier alpha value is -3.69. The van der Waals surface area contributed by atoms with E-state index >= 15 is 0 Å². The van der Waals surface area contributed by atoms with Crippen LogP contribution >= 0.6 is 0 Å². The molecular formula is C23H23N7O2. The van der Waals surface area contributed by atoms with E-state index in [2.05, 4.69) is 41.4 Å². The molecule has 1 aromatic carbocycles. The number of amides is 1. The molecule has 1 aliphatic rings. The zero-order chi connectivity index (χ0) is 21.9. The highest BCUT2D eigenvalue weighted by atomic mass is 16.3. The van der Waals surface area contributed by atoms with Crippen molar-refractivity contribution in [3.05, 3.63) is 66.5 Å². The van der Waals surface area contributed by atoms with Crippen LogP contribution in [0.25, 0.3) is 22.0 Å². The Morgan fingerprint density at radius 1 is 1.09 bits per heavy atom. The van der Waals surface area contributed by atoms with Crippen LogP contribution in [-0.2, 0) is 6.54 Å². The summed E-state index contributed by atoms with van der Waals surface area (Å²) in [7, 11) is 0. The van der Waals surface area contributed by atoms with Crippen molar-refractivity contribution < 1.29 is 9.90 Å². The van der Waals surface area contributed by atoms with Crippen molar-refractivity contribution in [2.24, 2.45) is 0 Å². The molecule has 0 saturated carbocycles. The number of nitrogens with one attached hydrogen (secondary N) is 2. The second kappa shape index (κ2) is 8.81. The van der Waals surface area contributed by atoms with Gasteiger partial charge in [0.05, 0.1) is 17.8 Å². The number of aromatic nitrogens is 5. The molecule has 3 N–H and O–H groups in total. The number of aromatic amines is 1. The summed E-state index contributed by atoms with van der Waals surface area (Å²) < 4.78 is 0. The van der Waals surface area contributed by atoms with Crippen molar-refractivity contribution >= 4 is 22.6 Å². The average molecular weight is 429 g/mol. The van der Waals surface area contributed by atoms with E-state index < -0.39 is 0 Å². The molecule has 0 aliphatic carbocycles. The molecule has 0 atom stereocenters. The fourth-order valence-electron chi connectivity index (χ4n) is 3.97. The fourth-order valence-corrected chi connectivity index (χ4v) is 3.97. The molecule has 0 spiro atoms. The number of aliphatic hydroxyl groups excluding tert-OH is 1. The molecule has 1 amide bonds. The number of fused-ring (bicyclic) bond motifs is 1. The summed E-state index contributed by atoms with van der Waals surface area (Å²) in [5.41, 5.74) is 4.11. The van der Waals surface area contributed by atoms with Gasteiger partial charge < -0.3 is 10.4 Å². The van der Waals surface area contributed by atoms with Crippen LogP contribution in [0.3, 0.4) is 0 Å². The SMILES string of the molecule is O=C(Nc1cnccn1)c1n[nH]c2ccc(-c3cncc(CN4CCC(O)CC4)c3)cc12. The predicted octanol–water partition coefficient (Wildman–Crippen LogP) is 2.62. The standard InChI is InChI=1S/C23H23N7O2/c31-18-3-7-30(8-4-18)14-15-9-17(12-25-11-15)16-1-2-20-19(10-16)22(29-28-20)23(32)27-21-13-24-5-6-26-21/h1-2,5-6,9-13,18,31H,3-4,7-8,14H2,(H,28,29)(H,26,27,32). The van der Waals surface area contributed by atoms with E-state index in [9.17, 15) is 9.90 Å². The number of likely N-dealkylation sites (tertiary alicyclic amines) is 1. The lowest BCUT2D eigenvalue weighted by Gasteiger charge is -2.29. The van der Waals surface area contributed by atoms with Crippen LogP contribution in [0.5, 0.6) is 0 Å². The Bertz CT molecular complexity index is 1230. The number of hydrogen-bond acceptors (Lipinski definition) is 7. The number of pyridine rings is 1. The van der Waals surface area contributed by atoms with Gasteiger partial charge in [-0.1, -0.05) is 6.07 Å². The van der Waals surface area contributed by atoms with Gasteiger partial charge in [0.25, 0.3) is 5.91 Å². The highest BCUT2D eigenvalue weighted by Crippen LogP contribution is 2.26. The zero-order valence-corrected chi connectivity index (χ0v) is 17.4. The largest absolute Gasteiger partial charge is 0.393 e. The van der Waals surface area contributed by atoms with Crippen LogP contribution in [0.1, 0.15) is 28.9 Å². The third-order valence-corrected chi connectivity index (χ3v) is 5.67. The van der Waals surface area contributed by atoms with Crippen LogP contribution in [-0.4, -0.2) is 60.3 Å². The summed E-state index contributed by atoms with van der Waals surface area (Å²) in [4.78, 5) is 27.5. The number of aliphatic hydroxyl groups is 1. The lowest BCUT2D eigenvalue weighted by atomic mass is 10.0. The fraction of sp³-hybridized carbons (Fsp3) is 0.261. The smallest absolute Gasteiger partial charge is 0.277 e.